The van der Waals surface area contributed by atoms with Crippen LogP contribution >= 0.6 is 0 Å². The van der Waals surface area contributed by atoms with Crippen LogP contribution in [0.15, 0.2) is 12.2 Å². The zero-order chi connectivity index (χ0) is 7.78. The molecule has 0 amide bonds. The molecule has 1 rings (SSSR count). The fourth-order valence-electron chi connectivity index (χ4n) is 0.976. The quantitative estimate of drug-likeness (QED) is 0.473. The number of hydrogen-bond acceptors (Lipinski definition) is 1. The van der Waals surface area contributed by atoms with Crippen molar-refractivity contribution in [2.24, 2.45) is 0 Å². The third-order valence-electron chi connectivity index (χ3n) is 1.52. The zero-order valence-electron chi connectivity index (χ0n) is 5.52. The first-order chi connectivity index (χ1) is 4.52. The van der Waals surface area contributed by atoms with Gasteiger partial charge in [0.05, 0.1) is 0 Å². The van der Waals surface area contributed by atoms with Gasteiger partial charge in [0.25, 0.3) is 0 Å². The molecular weight excluding hydrogens is 143 g/mol. The van der Waals surface area contributed by atoms with E-state index in [1.54, 1.807) is 0 Å². The van der Waals surface area contributed by atoms with Crippen LogP contribution in [0, 0.1) is 0 Å². The largest absolute Gasteiger partial charge is 0.407 e. The van der Waals surface area contributed by atoms with E-state index in [2.05, 4.69) is 0 Å². The molecule has 0 aromatic heterocycles. The maximum Gasteiger partial charge on any atom is 0.407 e. The molecule has 0 saturated heterocycles. The summed E-state index contributed by atoms with van der Waals surface area (Å²) in [5, 5.41) is 0. The summed E-state index contributed by atoms with van der Waals surface area (Å²) in [7, 11) is 1.46. The fraction of sp³-hybridized carbons (Fsp3) is 0.667. The highest BCUT2D eigenvalue weighted by atomic mass is 19.4. The minimum atomic E-state index is -4.11. The summed E-state index contributed by atoms with van der Waals surface area (Å²) in [6, 6.07) is -1.37. The van der Waals surface area contributed by atoms with Gasteiger partial charge in [0.2, 0.25) is 0 Å². The van der Waals surface area contributed by atoms with Crippen LogP contribution in [0.25, 0.3) is 0 Å². The number of alkyl halides is 3. The standard InChI is InChI=1S/C6H8F3N/c1-10-4-2-3-5(10)6(7,8)9/h2-3,5H,4H2,1H3. The Bertz CT molecular complexity index is 150. The second-order valence-corrected chi connectivity index (χ2v) is 2.35. The number of nitrogens with zero attached hydrogens (tertiary/aromatic N) is 1. The number of halogens is 3. The molecule has 1 aliphatic heterocycles. The lowest BCUT2D eigenvalue weighted by atomic mass is 10.3. The molecule has 0 spiro atoms. The molecule has 1 unspecified atom stereocenters. The Balaban J connectivity index is 2.64. The highest BCUT2D eigenvalue weighted by Gasteiger charge is 2.41. The van der Waals surface area contributed by atoms with E-state index in [-0.39, 0.29) is 0 Å². The Kier molecular flexibility index (Phi) is 1.72. The Hall–Kier alpha value is -0.510. The van der Waals surface area contributed by atoms with E-state index >= 15 is 0 Å². The van der Waals surface area contributed by atoms with Crippen LogP contribution in [0.3, 0.4) is 0 Å². The van der Waals surface area contributed by atoms with Crippen molar-refractivity contribution in [3.63, 3.8) is 0 Å². The van der Waals surface area contributed by atoms with Crippen molar-refractivity contribution in [2.75, 3.05) is 13.6 Å². The lowest BCUT2D eigenvalue weighted by molar-refractivity contribution is -0.162. The molecule has 1 aliphatic rings. The van der Waals surface area contributed by atoms with E-state index in [9.17, 15) is 13.2 Å². The first-order valence-electron chi connectivity index (χ1n) is 2.95. The lowest BCUT2D eigenvalue weighted by Crippen LogP contribution is -2.38. The maximum atomic E-state index is 11.9. The van der Waals surface area contributed by atoms with Gasteiger partial charge in [0.1, 0.15) is 6.04 Å². The average molecular weight is 151 g/mol. The molecule has 1 heterocycles. The summed E-state index contributed by atoms with van der Waals surface area (Å²) in [4.78, 5) is 1.25. The maximum absolute atomic E-state index is 11.9. The lowest BCUT2D eigenvalue weighted by Gasteiger charge is -2.21. The van der Waals surface area contributed by atoms with Gasteiger partial charge >= 0.3 is 6.18 Å². The predicted octanol–water partition coefficient (Wildman–Crippen LogP) is 1.42. The number of likely N-dealkylation sites (N-methyl/N-ethyl adjacent to an activating group) is 1. The molecule has 1 atom stereocenters. The van der Waals surface area contributed by atoms with Gasteiger partial charge in [0, 0.05) is 6.54 Å². The van der Waals surface area contributed by atoms with Gasteiger partial charge in [-0.25, -0.2) is 0 Å². The minimum absolute atomic E-state index is 0.393. The van der Waals surface area contributed by atoms with Crippen LogP contribution in [0.5, 0.6) is 0 Å². The third kappa shape index (κ3) is 1.31. The molecule has 0 aromatic rings. The van der Waals surface area contributed by atoms with Gasteiger partial charge in [-0.1, -0.05) is 12.2 Å². The van der Waals surface area contributed by atoms with Crippen molar-refractivity contribution in [1.29, 1.82) is 0 Å². The van der Waals surface area contributed by atoms with E-state index < -0.39 is 12.2 Å². The third-order valence-corrected chi connectivity index (χ3v) is 1.52. The second-order valence-electron chi connectivity index (χ2n) is 2.35. The molecule has 10 heavy (non-hydrogen) atoms. The Morgan fingerprint density at radius 1 is 1.50 bits per heavy atom. The van der Waals surface area contributed by atoms with E-state index in [1.807, 2.05) is 0 Å². The average Bonchev–Trinajstić information content (AvgIpc) is 2.11. The minimum Gasteiger partial charge on any atom is -0.288 e. The monoisotopic (exact) mass is 151 g/mol. The van der Waals surface area contributed by atoms with Crippen molar-refractivity contribution in [3.05, 3.63) is 12.2 Å². The highest BCUT2D eigenvalue weighted by molar-refractivity contribution is 5.05. The van der Waals surface area contributed by atoms with Gasteiger partial charge in [0.15, 0.2) is 0 Å². The number of rotatable bonds is 0. The van der Waals surface area contributed by atoms with E-state index in [1.165, 1.54) is 24.1 Å². The molecule has 4 heteroatoms. The Morgan fingerprint density at radius 3 is 2.30 bits per heavy atom. The van der Waals surface area contributed by atoms with E-state index in [4.69, 9.17) is 0 Å². The van der Waals surface area contributed by atoms with Crippen LogP contribution in [0.1, 0.15) is 0 Å². The molecule has 0 aromatic carbocycles. The van der Waals surface area contributed by atoms with Crippen molar-refractivity contribution in [2.45, 2.75) is 12.2 Å². The Morgan fingerprint density at radius 2 is 2.10 bits per heavy atom. The normalized spacial score (nSPS) is 27.8. The van der Waals surface area contributed by atoms with Gasteiger partial charge in [-0.2, -0.15) is 13.2 Å². The number of hydrogen-bond donors (Lipinski definition) is 0. The van der Waals surface area contributed by atoms with Crippen LogP contribution in [0.4, 0.5) is 13.2 Å². The summed E-state index contributed by atoms with van der Waals surface area (Å²) in [5.74, 6) is 0. The van der Waals surface area contributed by atoms with Crippen LogP contribution in [-0.2, 0) is 0 Å². The first-order valence-corrected chi connectivity index (χ1v) is 2.95. The SMILES string of the molecule is CN1CC=CC1C(F)(F)F. The first kappa shape index (κ1) is 7.60. The van der Waals surface area contributed by atoms with Crippen molar-refractivity contribution in [1.82, 2.24) is 4.90 Å². The van der Waals surface area contributed by atoms with Crippen molar-refractivity contribution < 1.29 is 13.2 Å². The molecular formula is C6H8F3N. The summed E-state index contributed by atoms with van der Waals surface area (Å²) >= 11 is 0. The van der Waals surface area contributed by atoms with Gasteiger partial charge in [-0.05, 0) is 7.05 Å². The van der Waals surface area contributed by atoms with E-state index in [0.717, 1.165) is 0 Å². The highest BCUT2D eigenvalue weighted by Crippen LogP contribution is 2.27. The summed E-state index contributed by atoms with van der Waals surface area (Å²) in [5.41, 5.74) is 0. The summed E-state index contributed by atoms with van der Waals surface area (Å²) in [6.45, 7) is 0.393. The molecule has 58 valence electrons. The molecule has 0 fully saturated rings. The van der Waals surface area contributed by atoms with Crippen LogP contribution in [-0.4, -0.2) is 30.7 Å². The predicted molar refractivity (Wildman–Crippen MR) is 31.6 cm³/mol. The summed E-state index contributed by atoms with van der Waals surface area (Å²) < 4.78 is 35.8. The molecule has 0 aliphatic carbocycles. The van der Waals surface area contributed by atoms with Crippen LogP contribution < -0.4 is 0 Å². The molecule has 0 bridgehead atoms. The van der Waals surface area contributed by atoms with Crippen molar-refractivity contribution >= 4 is 0 Å². The smallest absolute Gasteiger partial charge is 0.288 e. The van der Waals surface area contributed by atoms with Gasteiger partial charge in [-0.3, -0.25) is 4.90 Å². The second kappa shape index (κ2) is 2.27. The Labute approximate surface area is 57.1 Å². The fourth-order valence-corrected chi connectivity index (χ4v) is 0.976. The van der Waals surface area contributed by atoms with Crippen LogP contribution in [0.2, 0.25) is 0 Å². The summed E-state index contributed by atoms with van der Waals surface area (Å²) in [6.07, 6.45) is -1.40. The molecule has 0 N–H and O–H groups in total. The topological polar surface area (TPSA) is 3.24 Å². The molecule has 1 nitrogen and oxygen atoms in total. The zero-order valence-corrected chi connectivity index (χ0v) is 5.52. The van der Waals surface area contributed by atoms with Crippen molar-refractivity contribution in [3.8, 4) is 0 Å². The molecule has 0 radical (unpaired) electrons. The van der Waals surface area contributed by atoms with Gasteiger partial charge < -0.3 is 0 Å². The van der Waals surface area contributed by atoms with E-state index in [0.29, 0.717) is 6.54 Å². The molecule has 0 saturated carbocycles. The van der Waals surface area contributed by atoms with Gasteiger partial charge in [-0.15, -0.1) is 0 Å².